The first-order valence-corrected chi connectivity index (χ1v) is 11.2. The highest BCUT2D eigenvalue weighted by Gasteiger charge is 2.31. The molecule has 5 heterocycles. The first-order valence-electron chi connectivity index (χ1n) is 11.2. The lowest BCUT2D eigenvalue weighted by Crippen LogP contribution is -2.50. The summed E-state index contributed by atoms with van der Waals surface area (Å²) in [4.78, 5) is 10.2. The van der Waals surface area contributed by atoms with Crippen molar-refractivity contribution < 1.29 is 13.2 Å². The van der Waals surface area contributed by atoms with E-state index in [0.717, 1.165) is 47.7 Å². The van der Waals surface area contributed by atoms with E-state index in [-0.39, 0.29) is 11.6 Å². The van der Waals surface area contributed by atoms with Crippen molar-refractivity contribution in [3.8, 4) is 29.0 Å². The molecule has 180 valence electrons. The van der Waals surface area contributed by atoms with Crippen molar-refractivity contribution in [1.29, 1.82) is 5.26 Å². The molecule has 1 aliphatic rings. The van der Waals surface area contributed by atoms with Crippen molar-refractivity contribution in [2.75, 3.05) is 24.5 Å². The second-order valence-electron chi connectivity index (χ2n) is 8.37. The number of nitrogens with zero attached hydrogens (tertiary/aromatic N) is 6. The Bertz CT molecular complexity index is 1510. The van der Waals surface area contributed by atoms with Crippen molar-refractivity contribution in [1.82, 2.24) is 24.9 Å². The zero-order valence-corrected chi connectivity index (χ0v) is 19.0. The van der Waals surface area contributed by atoms with Crippen molar-refractivity contribution in [3.63, 3.8) is 0 Å². The lowest BCUT2D eigenvalue weighted by atomic mass is 10.0. The Balaban J connectivity index is 1.33. The van der Waals surface area contributed by atoms with Crippen LogP contribution in [0.5, 0.6) is 0 Å². The number of hydrogen-bond acceptors (Lipinski definition) is 6. The van der Waals surface area contributed by atoms with Gasteiger partial charge in [-0.1, -0.05) is 17.9 Å². The molecule has 0 aliphatic carbocycles. The average molecular weight is 487 g/mol. The second kappa shape index (κ2) is 9.68. The molecule has 0 bridgehead atoms. The molecule has 1 aliphatic heterocycles. The minimum Gasteiger partial charge on any atom is -0.368 e. The molecule has 36 heavy (non-hydrogen) atoms. The van der Waals surface area contributed by atoms with Crippen molar-refractivity contribution in [2.45, 2.75) is 18.6 Å². The Hall–Kier alpha value is -4.41. The summed E-state index contributed by atoms with van der Waals surface area (Å²) < 4.78 is 40.4. The Labute approximate surface area is 205 Å². The highest BCUT2D eigenvalue weighted by Crippen LogP contribution is 2.31. The maximum atomic E-state index is 12.9. The molecule has 5 rings (SSSR count). The highest BCUT2D eigenvalue weighted by molar-refractivity contribution is 5.79. The third kappa shape index (κ3) is 4.85. The van der Waals surface area contributed by atoms with E-state index in [9.17, 15) is 18.4 Å². The summed E-state index contributed by atoms with van der Waals surface area (Å²) in [6.45, 7) is 2.19. The van der Waals surface area contributed by atoms with Crippen LogP contribution >= 0.6 is 0 Å². The van der Waals surface area contributed by atoms with Gasteiger partial charge in [0.2, 0.25) is 0 Å². The fourth-order valence-electron chi connectivity index (χ4n) is 4.24. The normalized spacial score (nSPS) is 15.8. The zero-order chi connectivity index (χ0) is 25.1. The fourth-order valence-corrected chi connectivity index (χ4v) is 4.24. The molecule has 0 saturated carbocycles. The van der Waals surface area contributed by atoms with E-state index in [1.54, 1.807) is 16.9 Å². The lowest BCUT2D eigenvalue weighted by molar-refractivity contribution is -0.137. The minimum atomic E-state index is -4.45. The molecule has 10 heteroatoms. The van der Waals surface area contributed by atoms with E-state index in [2.05, 4.69) is 43.2 Å². The van der Waals surface area contributed by atoms with Crippen LogP contribution < -0.4 is 10.2 Å². The third-order valence-electron chi connectivity index (χ3n) is 5.99. The second-order valence-corrected chi connectivity index (χ2v) is 8.37. The number of nitriles is 1. The van der Waals surface area contributed by atoms with Gasteiger partial charge in [0.1, 0.15) is 6.07 Å². The predicted octanol–water partition coefficient (Wildman–Crippen LogP) is 3.90. The average Bonchev–Trinajstić information content (AvgIpc) is 3.31. The van der Waals surface area contributed by atoms with Crippen LogP contribution in [0.25, 0.3) is 16.6 Å². The SMILES string of the molecule is N#Cc1cnn2cc(-c3cnccc3N3CCNC(CC#Cc4cncc(C(F)(F)F)c4)C3)ccc12. The molecular formula is C26H20F3N7. The Morgan fingerprint density at radius 3 is 2.83 bits per heavy atom. The third-order valence-corrected chi connectivity index (χ3v) is 5.99. The van der Waals surface area contributed by atoms with Gasteiger partial charge in [-0.2, -0.15) is 23.5 Å². The summed E-state index contributed by atoms with van der Waals surface area (Å²) in [7, 11) is 0. The number of nitrogens with one attached hydrogen (secondary N) is 1. The molecule has 4 aromatic rings. The van der Waals surface area contributed by atoms with Crippen LogP contribution in [0.3, 0.4) is 0 Å². The van der Waals surface area contributed by atoms with E-state index in [1.165, 1.54) is 6.20 Å². The maximum absolute atomic E-state index is 12.9. The summed E-state index contributed by atoms with van der Waals surface area (Å²) in [6.07, 6.45) is 5.14. The number of fused-ring (bicyclic) bond motifs is 1. The molecule has 1 saturated heterocycles. The van der Waals surface area contributed by atoms with Gasteiger partial charge in [-0.05, 0) is 18.2 Å². The van der Waals surface area contributed by atoms with Crippen LogP contribution in [-0.4, -0.2) is 45.3 Å². The molecule has 7 nitrogen and oxygen atoms in total. The van der Waals surface area contributed by atoms with Gasteiger partial charge in [0.25, 0.3) is 0 Å². The number of halogens is 3. The largest absolute Gasteiger partial charge is 0.417 e. The Morgan fingerprint density at radius 1 is 1.11 bits per heavy atom. The lowest BCUT2D eigenvalue weighted by Gasteiger charge is -2.35. The summed E-state index contributed by atoms with van der Waals surface area (Å²) in [5.74, 6) is 5.81. The molecule has 0 aromatic carbocycles. The minimum absolute atomic E-state index is 0.0396. The van der Waals surface area contributed by atoms with Crippen LogP contribution in [0.1, 0.15) is 23.1 Å². The van der Waals surface area contributed by atoms with Gasteiger partial charge in [0, 0.05) is 85.5 Å². The van der Waals surface area contributed by atoms with Gasteiger partial charge in [-0.15, -0.1) is 0 Å². The number of rotatable bonds is 3. The quantitative estimate of drug-likeness (QED) is 0.442. The van der Waals surface area contributed by atoms with E-state index >= 15 is 0 Å². The summed E-state index contributed by atoms with van der Waals surface area (Å²) in [5, 5.41) is 16.9. The summed E-state index contributed by atoms with van der Waals surface area (Å²) in [5.41, 5.74) is 3.56. The van der Waals surface area contributed by atoms with Gasteiger partial charge in [0.15, 0.2) is 0 Å². The smallest absolute Gasteiger partial charge is 0.368 e. The summed E-state index contributed by atoms with van der Waals surface area (Å²) in [6, 6.07) is 8.98. The van der Waals surface area contributed by atoms with Crippen LogP contribution in [0, 0.1) is 23.2 Å². The number of piperazine rings is 1. The molecule has 4 aromatic heterocycles. The van der Waals surface area contributed by atoms with Gasteiger partial charge >= 0.3 is 6.18 Å². The van der Waals surface area contributed by atoms with Gasteiger partial charge in [-0.25, -0.2) is 4.52 Å². The first-order chi connectivity index (χ1) is 17.4. The molecular weight excluding hydrogens is 467 g/mol. The number of aromatic nitrogens is 4. The first kappa shape index (κ1) is 23.3. The number of pyridine rings is 3. The molecule has 0 spiro atoms. The van der Waals surface area contributed by atoms with Crippen LogP contribution in [0.4, 0.5) is 18.9 Å². The predicted molar refractivity (Wildman–Crippen MR) is 128 cm³/mol. The molecule has 0 radical (unpaired) electrons. The van der Waals surface area contributed by atoms with Crippen LogP contribution in [0.15, 0.2) is 61.4 Å². The molecule has 1 atom stereocenters. The highest BCUT2D eigenvalue weighted by atomic mass is 19.4. The van der Waals surface area contributed by atoms with E-state index in [0.29, 0.717) is 18.5 Å². The maximum Gasteiger partial charge on any atom is 0.417 e. The zero-order valence-electron chi connectivity index (χ0n) is 19.0. The molecule has 1 N–H and O–H groups in total. The van der Waals surface area contributed by atoms with Crippen molar-refractivity contribution >= 4 is 11.2 Å². The van der Waals surface area contributed by atoms with E-state index in [1.807, 2.05) is 30.6 Å². The standard InChI is InChI=1S/C26H20F3N7/c27-26(28,29)21-10-18(12-32-14-21)2-1-3-22-17-35(9-8-33-22)25-6-7-31-15-23(25)19-4-5-24-20(11-30)13-34-36(24)16-19/h4-7,10,12-16,22,33H,3,8-9,17H2. The van der Waals surface area contributed by atoms with Gasteiger partial charge in [-0.3, -0.25) is 9.97 Å². The van der Waals surface area contributed by atoms with Gasteiger partial charge < -0.3 is 10.2 Å². The van der Waals surface area contributed by atoms with Crippen LogP contribution in [0.2, 0.25) is 0 Å². The number of alkyl halides is 3. The Kier molecular flexibility index (Phi) is 6.28. The molecule has 1 unspecified atom stereocenters. The van der Waals surface area contributed by atoms with Crippen molar-refractivity contribution in [2.24, 2.45) is 0 Å². The van der Waals surface area contributed by atoms with Crippen molar-refractivity contribution in [3.05, 3.63) is 78.1 Å². The molecule has 1 fully saturated rings. The number of hydrogen-bond donors (Lipinski definition) is 1. The number of anilines is 1. The summed E-state index contributed by atoms with van der Waals surface area (Å²) >= 11 is 0. The fraction of sp³-hybridized carbons (Fsp3) is 0.231. The van der Waals surface area contributed by atoms with E-state index in [4.69, 9.17) is 0 Å². The monoisotopic (exact) mass is 487 g/mol. The Morgan fingerprint density at radius 2 is 2.00 bits per heavy atom. The molecule has 0 amide bonds. The van der Waals surface area contributed by atoms with Gasteiger partial charge in [0.05, 0.1) is 22.8 Å². The van der Waals surface area contributed by atoms with E-state index < -0.39 is 11.7 Å². The van der Waals surface area contributed by atoms with Crippen LogP contribution in [-0.2, 0) is 6.18 Å². The topological polar surface area (TPSA) is 82.1 Å².